The van der Waals surface area contributed by atoms with E-state index in [4.69, 9.17) is 14.2 Å². The SMILES string of the molecule is C=C(C)CN=c1scc(C)n1N=Cc1ccc(OC)c(OC)c1OC. The van der Waals surface area contributed by atoms with Crippen molar-refractivity contribution in [2.75, 3.05) is 27.9 Å². The first-order valence-corrected chi connectivity index (χ1v) is 8.55. The Hall–Kier alpha value is -2.54. The Labute approximate surface area is 151 Å². The fraction of sp³-hybridized carbons (Fsp3) is 0.333. The van der Waals surface area contributed by atoms with Gasteiger partial charge in [-0.05, 0) is 26.0 Å². The molecule has 1 aromatic carbocycles. The molecule has 0 unspecified atom stereocenters. The summed E-state index contributed by atoms with van der Waals surface area (Å²) in [6.07, 6.45) is 1.72. The number of aromatic nitrogens is 1. The van der Waals surface area contributed by atoms with Gasteiger partial charge in [0.25, 0.3) is 0 Å². The highest BCUT2D eigenvalue weighted by atomic mass is 32.1. The van der Waals surface area contributed by atoms with Gasteiger partial charge in [-0.1, -0.05) is 12.2 Å². The fourth-order valence-corrected chi connectivity index (χ4v) is 2.99. The first-order valence-electron chi connectivity index (χ1n) is 7.67. The van der Waals surface area contributed by atoms with Crippen molar-refractivity contribution in [3.8, 4) is 17.2 Å². The lowest BCUT2D eigenvalue weighted by Gasteiger charge is -2.13. The monoisotopic (exact) mass is 361 g/mol. The minimum absolute atomic E-state index is 0.535. The van der Waals surface area contributed by atoms with E-state index in [9.17, 15) is 0 Å². The smallest absolute Gasteiger partial charge is 0.206 e. The largest absolute Gasteiger partial charge is 0.493 e. The van der Waals surface area contributed by atoms with Crippen LogP contribution in [-0.2, 0) is 0 Å². The number of hydrogen-bond acceptors (Lipinski definition) is 6. The van der Waals surface area contributed by atoms with Crippen molar-refractivity contribution in [2.45, 2.75) is 13.8 Å². The molecule has 0 aliphatic carbocycles. The molecule has 0 fully saturated rings. The summed E-state index contributed by atoms with van der Waals surface area (Å²) in [5, 5.41) is 6.57. The van der Waals surface area contributed by atoms with Crippen LogP contribution in [0.4, 0.5) is 0 Å². The van der Waals surface area contributed by atoms with E-state index in [2.05, 4.69) is 16.7 Å². The molecule has 6 nitrogen and oxygen atoms in total. The quantitative estimate of drug-likeness (QED) is 0.562. The van der Waals surface area contributed by atoms with Crippen LogP contribution in [0.5, 0.6) is 17.2 Å². The van der Waals surface area contributed by atoms with E-state index in [1.165, 1.54) is 0 Å². The maximum absolute atomic E-state index is 5.48. The van der Waals surface area contributed by atoms with Crippen molar-refractivity contribution in [1.82, 2.24) is 4.68 Å². The first-order chi connectivity index (χ1) is 12.0. The molecule has 0 saturated heterocycles. The zero-order chi connectivity index (χ0) is 18.4. The topological polar surface area (TPSA) is 57.3 Å². The predicted molar refractivity (Wildman–Crippen MR) is 101 cm³/mol. The van der Waals surface area contributed by atoms with E-state index in [1.54, 1.807) is 43.6 Å². The molecule has 25 heavy (non-hydrogen) atoms. The molecule has 1 heterocycles. The molecule has 0 N–H and O–H groups in total. The third kappa shape index (κ3) is 4.30. The maximum atomic E-state index is 5.48. The summed E-state index contributed by atoms with van der Waals surface area (Å²) in [6, 6.07) is 3.69. The zero-order valence-electron chi connectivity index (χ0n) is 15.2. The molecular formula is C18H23N3O3S. The Kier molecular flexibility index (Phi) is 6.41. The summed E-state index contributed by atoms with van der Waals surface area (Å²) in [7, 11) is 4.75. The third-order valence-corrected chi connectivity index (χ3v) is 4.35. The van der Waals surface area contributed by atoms with Crippen LogP contribution >= 0.6 is 11.3 Å². The Morgan fingerprint density at radius 1 is 1.20 bits per heavy atom. The van der Waals surface area contributed by atoms with E-state index in [0.717, 1.165) is 21.6 Å². The summed E-state index contributed by atoms with van der Waals surface area (Å²) in [5.74, 6) is 1.71. The zero-order valence-corrected chi connectivity index (χ0v) is 16.0. The van der Waals surface area contributed by atoms with Gasteiger partial charge >= 0.3 is 0 Å². The molecule has 2 rings (SSSR count). The summed E-state index contributed by atoms with van der Waals surface area (Å²) in [4.78, 5) is 5.35. The van der Waals surface area contributed by atoms with Crippen LogP contribution in [0.15, 0.2) is 39.8 Å². The minimum Gasteiger partial charge on any atom is -0.493 e. The van der Waals surface area contributed by atoms with E-state index in [0.29, 0.717) is 23.8 Å². The maximum Gasteiger partial charge on any atom is 0.206 e. The van der Waals surface area contributed by atoms with Crippen LogP contribution in [0.25, 0.3) is 0 Å². The van der Waals surface area contributed by atoms with Gasteiger partial charge in [0.2, 0.25) is 10.6 Å². The van der Waals surface area contributed by atoms with Gasteiger partial charge in [0.05, 0.1) is 39.8 Å². The number of ether oxygens (including phenoxy) is 3. The van der Waals surface area contributed by atoms with Gasteiger partial charge in [0, 0.05) is 10.9 Å². The minimum atomic E-state index is 0.535. The van der Waals surface area contributed by atoms with E-state index < -0.39 is 0 Å². The molecular weight excluding hydrogens is 338 g/mol. The van der Waals surface area contributed by atoms with Crippen molar-refractivity contribution in [3.63, 3.8) is 0 Å². The van der Waals surface area contributed by atoms with Crippen LogP contribution in [0.1, 0.15) is 18.2 Å². The molecule has 1 aromatic heterocycles. The number of thiazole rings is 1. The average molecular weight is 361 g/mol. The van der Waals surface area contributed by atoms with E-state index >= 15 is 0 Å². The molecule has 0 atom stereocenters. The standard InChI is InChI=1S/C18H23N3O3S/c1-12(2)9-19-18-21(13(3)11-25-18)20-10-14-7-8-15(22-4)17(24-6)16(14)23-5/h7-8,10-11H,1,9H2,2-6H3. The lowest BCUT2D eigenvalue weighted by molar-refractivity contribution is 0.324. The highest BCUT2D eigenvalue weighted by molar-refractivity contribution is 7.07. The highest BCUT2D eigenvalue weighted by Gasteiger charge is 2.14. The van der Waals surface area contributed by atoms with Gasteiger partial charge in [-0.25, -0.2) is 4.68 Å². The summed E-state index contributed by atoms with van der Waals surface area (Å²) >= 11 is 1.54. The van der Waals surface area contributed by atoms with Crippen LogP contribution in [-0.4, -0.2) is 38.8 Å². The molecule has 134 valence electrons. The number of rotatable bonds is 7. The normalized spacial score (nSPS) is 11.8. The van der Waals surface area contributed by atoms with Crippen molar-refractivity contribution in [2.24, 2.45) is 10.1 Å². The molecule has 7 heteroatoms. The third-order valence-electron chi connectivity index (χ3n) is 3.38. The predicted octanol–water partition coefficient (Wildman–Crippen LogP) is 3.24. The molecule has 0 bridgehead atoms. The Morgan fingerprint density at radius 3 is 2.52 bits per heavy atom. The van der Waals surface area contributed by atoms with Crippen molar-refractivity contribution in [3.05, 3.63) is 45.7 Å². The van der Waals surface area contributed by atoms with E-state index in [1.807, 2.05) is 31.4 Å². The summed E-state index contributed by atoms with van der Waals surface area (Å²) in [5.41, 5.74) is 2.79. The van der Waals surface area contributed by atoms with Gasteiger partial charge in [0.15, 0.2) is 11.5 Å². The van der Waals surface area contributed by atoms with Gasteiger partial charge < -0.3 is 14.2 Å². The van der Waals surface area contributed by atoms with Crippen molar-refractivity contribution < 1.29 is 14.2 Å². The molecule has 0 spiro atoms. The first kappa shape index (κ1) is 18.8. The Bertz CT molecular complexity index is 850. The number of benzene rings is 1. The second kappa shape index (κ2) is 8.53. The summed E-state index contributed by atoms with van der Waals surface area (Å²) < 4.78 is 18.0. The van der Waals surface area contributed by atoms with Gasteiger partial charge in [-0.3, -0.25) is 4.99 Å². The second-order valence-corrected chi connectivity index (χ2v) is 6.25. The second-order valence-electron chi connectivity index (χ2n) is 5.41. The lowest BCUT2D eigenvalue weighted by Crippen LogP contribution is -2.13. The van der Waals surface area contributed by atoms with Crippen molar-refractivity contribution in [1.29, 1.82) is 0 Å². The van der Waals surface area contributed by atoms with Crippen molar-refractivity contribution >= 4 is 17.6 Å². The molecule has 0 saturated carbocycles. The number of hydrogen-bond donors (Lipinski definition) is 0. The van der Waals surface area contributed by atoms with Crippen LogP contribution in [0, 0.1) is 6.92 Å². The Morgan fingerprint density at radius 2 is 1.92 bits per heavy atom. The fourth-order valence-electron chi connectivity index (χ4n) is 2.18. The highest BCUT2D eigenvalue weighted by Crippen LogP contribution is 2.38. The van der Waals surface area contributed by atoms with E-state index in [-0.39, 0.29) is 0 Å². The van der Waals surface area contributed by atoms with Gasteiger partial charge in [-0.2, -0.15) is 5.10 Å². The van der Waals surface area contributed by atoms with Crippen LogP contribution in [0.2, 0.25) is 0 Å². The molecule has 2 aromatic rings. The lowest BCUT2D eigenvalue weighted by atomic mass is 10.2. The summed E-state index contributed by atoms with van der Waals surface area (Å²) in [6.45, 7) is 8.39. The van der Waals surface area contributed by atoms with Crippen LogP contribution in [0.3, 0.4) is 0 Å². The number of nitrogens with zero attached hydrogens (tertiary/aromatic N) is 3. The van der Waals surface area contributed by atoms with Gasteiger partial charge in [0.1, 0.15) is 0 Å². The molecule has 0 amide bonds. The van der Waals surface area contributed by atoms with Gasteiger partial charge in [-0.15, -0.1) is 11.3 Å². The molecule has 0 aliphatic rings. The Balaban J connectivity index is 2.45. The molecule has 0 aliphatic heterocycles. The average Bonchev–Trinajstić information content (AvgIpc) is 2.96. The number of methoxy groups -OCH3 is 3. The van der Waals surface area contributed by atoms with Crippen LogP contribution < -0.4 is 19.0 Å². The molecule has 0 radical (unpaired) electrons. The number of aryl methyl sites for hydroxylation is 1.